The number of benzene rings is 1. The Hall–Kier alpha value is -1.79. The normalized spacial score (nSPS) is 11.0. The first kappa shape index (κ1) is 15.1. The molecule has 0 aliphatic carbocycles. The van der Waals surface area contributed by atoms with Gasteiger partial charge in [0.15, 0.2) is 11.0 Å². The zero-order chi connectivity index (χ0) is 15.5. The van der Waals surface area contributed by atoms with Crippen molar-refractivity contribution < 1.29 is 4.52 Å². The first-order valence-corrected chi connectivity index (χ1v) is 8.27. The van der Waals surface area contributed by atoms with E-state index in [4.69, 9.17) is 16.1 Å². The molecule has 0 spiro atoms. The van der Waals surface area contributed by atoms with Crippen LogP contribution >= 0.6 is 23.4 Å². The number of nitrogens with zero attached hydrogens (tertiary/aromatic N) is 4. The summed E-state index contributed by atoms with van der Waals surface area (Å²) >= 11 is 7.68. The molecule has 0 fully saturated rings. The number of aryl methyl sites for hydroxylation is 1. The largest absolute Gasteiger partial charge is 0.364 e. The number of aromatic nitrogens is 4. The Balaban J connectivity index is 1.86. The van der Waals surface area contributed by atoms with Crippen molar-refractivity contribution in [1.82, 2.24) is 19.9 Å². The van der Waals surface area contributed by atoms with Crippen molar-refractivity contribution in [2.24, 2.45) is 0 Å². The average Bonchev–Trinajstić information content (AvgIpc) is 3.10. The lowest BCUT2D eigenvalue weighted by molar-refractivity contribution is 0.414. The van der Waals surface area contributed by atoms with Crippen LogP contribution in [0.2, 0.25) is 5.02 Å². The van der Waals surface area contributed by atoms with Crippen molar-refractivity contribution in [1.29, 1.82) is 0 Å². The van der Waals surface area contributed by atoms with Gasteiger partial charge in [0.25, 0.3) is 0 Å². The summed E-state index contributed by atoms with van der Waals surface area (Å²) in [7, 11) is 0. The quantitative estimate of drug-likeness (QED) is 0.654. The molecule has 0 aliphatic rings. The monoisotopic (exact) mass is 334 g/mol. The SMILES string of the molecule is CCn1c(SCc2conc2C)nnc1-c1cccc(Cl)c1. The Morgan fingerprint density at radius 1 is 1.32 bits per heavy atom. The van der Waals surface area contributed by atoms with Gasteiger partial charge in [0, 0.05) is 28.4 Å². The van der Waals surface area contributed by atoms with Gasteiger partial charge in [-0.15, -0.1) is 10.2 Å². The molecule has 0 atom stereocenters. The van der Waals surface area contributed by atoms with Gasteiger partial charge in [0.1, 0.15) is 6.26 Å². The Morgan fingerprint density at radius 2 is 2.18 bits per heavy atom. The van der Waals surface area contributed by atoms with E-state index in [9.17, 15) is 0 Å². The second kappa shape index (κ2) is 6.54. The van der Waals surface area contributed by atoms with Crippen LogP contribution in [-0.2, 0) is 12.3 Å². The van der Waals surface area contributed by atoms with Gasteiger partial charge in [-0.25, -0.2) is 0 Å². The third-order valence-electron chi connectivity index (χ3n) is 3.32. The van der Waals surface area contributed by atoms with Gasteiger partial charge >= 0.3 is 0 Å². The minimum Gasteiger partial charge on any atom is -0.364 e. The predicted octanol–water partition coefficient (Wildman–Crippen LogP) is 4.21. The number of hydrogen-bond acceptors (Lipinski definition) is 5. The summed E-state index contributed by atoms with van der Waals surface area (Å²) in [5.74, 6) is 1.58. The van der Waals surface area contributed by atoms with Gasteiger partial charge in [-0.1, -0.05) is 40.7 Å². The molecule has 3 rings (SSSR count). The molecule has 0 aliphatic heterocycles. The van der Waals surface area contributed by atoms with E-state index >= 15 is 0 Å². The van der Waals surface area contributed by atoms with Crippen LogP contribution in [0.15, 0.2) is 40.2 Å². The van der Waals surface area contributed by atoms with E-state index in [1.54, 1.807) is 18.0 Å². The predicted molar refractivity (Wildman–Crippen MR) is 86.9 cm³/mol. The van der Waals surface area contributed by atoms with Crippen LogP contribution in [0.3, 0.4) is 0 Å². The molecule has 22 heavy (non-hydrogen) atoms. The Kier molecular flexibility index (Phi) is 4.49. The van der Waals surface area contributed by atoms with E-state index in [-0.39, 0.29) is 0 Å². The van der Waals surface area contributed by atoms with Crippen molar-refractivity contribution >= 4 is 23.4 Å². The molecular formula is C15H15ClN4OS. The number of thioether (sulfide) groups is 1. The number of rotatable bonds is 5. The van der Waals surface area contributed by atoms with Gasteiger partial charge in [-0.05, 0) is 26.0 Å². The zero-order valence-electron chi connectivity index (χ0n) is 12.3. The fourth-order valence-electron chi connectivity index (χ4n) is 2.12. The lowest BCUT2D eigenvalue weighted by Crippen LogP contribution is -2.00. The molecule has 1 aromatic carbocycles. The summed E-state index contributed by atoms with van der Waals surface area (Å²) in [6.45, 7) is 4.80. The molecule has 0 saturated heterocycles. The highest BCUT2D eigenvalue weighted by Gasteiger charge is 2.14. The van der Waals surface area contributed by atoms with E-state index in [1.807, 2.05) is 31.2 Å². The van der Waals surface area contributed by atoms with Crippen molar-refractivity contribution in [3.05, 3.63) is 46.8 Å². The van der Waals surface area contributed by atoms with E-state index < -0.39 is 0 Å². The molecule has 0 saturated carbocycles. The van der Waals surface area contributed by atoms with Crippen LogP contribution in [0.5, 0.6) is 0 Å². The number of halogens is 1. The Labute approximate surface area is 137 Å². The van der Waals surface area contributed by atoms with Crippen LogP contribution in [0.1, 0.15) is 18.2 Å². The molecule has 5 nitrogen and oxygen atoms in total. The van der Waals surface area contributed by atoms with Crippen molar-refractivity contribution in [3.8, 4) is 11.4 Å². The smallest absolute Gasteiger partial charge is 0.191 e. The molecular weight excluding hydrogens is 320 g/mol. The summed E-state index contributed by atoms with van der Waals surface area (Å²) in [5.41, 5.74) is 2.94. The second-order valence-corrected chi connectivity index (χ2v) is 6.15. The fourth-order valence-corrected chi connectivity index (χ4v) is 3.34. The lowest BCUT2D eigenvalue weighted by atomic mass is 10.2. The van der Waals surface area contributed by atoms with Gasteiger partial charge in [0.05, 0.1) is 5.69 Å². The molecule has 0 unspecified atom stereocenters. The summed E-state index contributed by atoms with van der Waals surface area (Å²) < 4.78 is 7.04. The van der Waals surface area contributed by atoms with E-state index in [0.29, 0.717) is 5.02 Å². The Morgan fingerprint density at radius 3 is 2.86 bits per heavy atom. The summed E-state index contributed by atoms with van der Waals surface area (Å²) in [6.07, 6.45) is 1.67. The number of hydrogen-bond donors (Lipinski definition) is 0. The van der Waals surface area contributed by atoms with Crippen LogP contribution in [0.25, 0.3) is 11.4 Å². The summed E-state index contributed by atoms with van der Waals surface area (Å²) in [6, 6.07) is 7.65. The molecule has 114 valence electrons. The minimum absolute atomic E-state index is 0.692. The third kappa shape index (κ3) is 3.03. The highest BCUT2D eigenvalue weighted by Crippen LogP contribution is 2.28. The molecule has 0 radical (unpaired) electrons. The van der Waals surface area contributed by atoms with Crippen LogP contribution in [-0.4, -0.2) is 19.9 Å². The molecule has 3 aromatic rings. The van der Waals surface area contributed by atoms with E-state index in [0.717, 1.165) is 40.1 Å². The van der Waals surface area contributed by atoms with Crippen LogP contribution in [0, 0.1) is 6.92 Å². The maximum atomic E-state index is 6.06. The highest BCUT2D eigenvalue weighted by molar-refractivity contribution is 7.98. The molecule has 7 heteroatoms. The third-order valence-corrected chi connectivity index (χ3v) is 4.57. The van der Waals surface area contributed by atoms with Gasteiger partial charge in [0.2, 0.25) is 0 Å². The Bertz CT molecular complexity index is 783. The van der Waals surface area contributed by atoms with Gasteiger partial charge in [-0.2, -0.15) is 0 Å². The molecule has 2 aromatic heterocycles. The minimum atomic E-state index is 0.692. The topological polar surface area (TPSA) is 56.7 Å². The summed E-state index contributed by atoms with van der Waals surface area (Å²) in [5, 5.41) is 14.1. The van der Waals surface area contributed by atoms with E-state index in [1.165, 1.54) is 0 Å². The maximum Gasteiger partial charge on any atom is 0.191 e. The summed E-state index contributed by atoms with van der Waals surface area (Å²) in [4.78, 5) is 0. The first-order valence-electron chi connectivity index (χ1n) is 6.91. The average molecular weight is 335 g/mol. The molecule has 0 bridgehead atoms. The fraction of sp³-hybridized carbons (Fsp3) is 0.267. The van der Waals surface area contributed by atoms with Crippen molar-refractivity contribution in [2.45, 2.75) is 31.3 Å². The maximum absolute atomic E-state index is 6.06. The lowest BCUT2D eigenvalue weighted by Gasteiger charge is -2.07. The molecule has 2 heterocycles. The van der Waals surface area contributed by atoms with Crippen LogP contribution in [0.4, 0.5) is 0 Å². The standard InChI is InChI=1S/C15H15ClN4OS/c1-3-20-14(11-5-4-6-13(16)7-11)17-18-15(20)22-9-12-8-21-19-10(12)2/h4-8H,3,9H2,1-2H3. The second-order valence-electron chi connectivity index (χ2n) is 4.77. The molecule has 0 amide bonds. The molecule has 0 N–H and O–H groups in total. The van der Waals surface area contributed by atoms with Crippen molar-refractivity contribution in [3.63, 3.8) is 0 Å². The van der Waals surface area contributed by atoms with E-state index in [2.05, 4.69) is 26.8 Å². The van der Waals surface area contributed by atoms with Crippen molar-refractivity contribution in [2.75, 3.05) is 0 Å². The zero-order valence-corrected chi connectivity index (χ0v) is 13.9. The highest BCUT2D eigenvalue weighted by atomic mass is 35.5. The van der Waals surface area contributed by atoms with Gasteiger partial charge in [-0.3, -0.25) is 0 Å². The van der Waals surface area contributed by atoms with Gasteiger partial charge < -0.3 is 9.09 Å². The van der Waals surface area contributed by atoms with Crippen LogP contribution < -0.4 is 0 Å². The first-order chi connectivity index (χ1) is 10.7.